The van der Waals surface area contributed by atoms with E-state index in [4.69, 9.17) is 0 Å². The predicted octanol–water partition coefficient (Wildman–Crippen LogP) is 6.98. The van der Waals surface area contributed by atoms with Crippen LogP contribution in [0.4, 0.5) is 10.1 Å². The molecule has 4 rings (SSSR count). The maximum atomic E-state index is 14.2. The van der Waals surface area contributed by atoms with Crippen molar-refractivity contribution in [2.45, 2.75) is 51.5 Å². The standard InChI is InChI=1S/C26H29FN2/c1-19(2)24-15-14-23(18-26(24)28-21-10-4-3-5-11-21)29-16-8-12-22(29)17-20-9-6-7-13-25(20)27/h6-9,12-16,18,21,28H,1,3-5,10-11,17H2,2H3. The van der Waals surface area contributed by atoms with Crippen LogP contribution < -0.4 is 5.32 Å². The lowest BCUT2D eigenvalue weighted by molar-refractivity contribution is 0.462. The highest BCUT2D eigenvalue weighted by atomic mass is 19.1. The molecule has 0 radical (unpaired) electrons. The van der Waals surface area contributed by atoms with E-state index >= 15 is 0 Å². The Hall–Kier alpha value is -2.81. The van der Waals surface area contributed by atoms with Gasteiger partial charge in [0.15, 0.2) is 0 Å². The molecule has 2 nitrogen and oxygen atoms in total. The molecule has 1 saturated carbocycles. The largest absolute Gasteiger partial charge is 0.382 e. The number of nitrogens with zero attached hydrogens (tertiary/aromatic N) is 1. The first-order valence-corrected chi connectivity index (χ1v) is 10.6. The molecule has 1 heterocycles. The lowest BCUT2D eigenvalue weighted by Crippen LogP contribution is -2.23. The van der Waals surface area contributed by atoms with Gasteiger partial charge in [0.05, 0.1) is 0 Å². The average Bonchev–Trinajstić information content (AvgIpc) is 3.18. The van der Waals surface area contributed by atoms with Gasteiger partial charge in [0, 0.05) is 41.3 Å². The van der Waals surface area contributed by atoms with Crippen LogP contribution in [0.3, 0.4) is 0 Å². The van der Waals surface area contributed by atoms with Crippen molar-refractivity contribution in [1.82, 2.24) is 4.57 Å². The van der Waals surface area contributed by atoms with Gasteiger partial charge in [-0.1, -0.05) is 50.1 Å². The number of allylic oxidation sites excluding steroid dienone is 1. The van der Waals surface area contributed by atoms with Crippen LogP contribution in [0.25, 0.3) is 11.3 Å². The number of halogens is 1. The Bertz CT molecular complexity index is 995. The normalized spacial score (nSPS) is 14.7. The minimum absolute atomic E-state index is 0.155. The quantitative estimate of drug-likeness (QED) is 0.482. The Morgan fingerprint density at radius 2 is 1.86 bits per heavy atom. The Labute approximate surface area is 173 Å². The highest BCUT2D eigenvalue weighted by Crippen LogP contribution is 2.30. The smallest absolute Gasteiger partial charge is 0.126 e. The Balaban J connectivity index is 1.65. The van der Waals surface area contributed by atoms with Crippen LogP contribution in [0, 0.1) is 5.82 Å². The first kappa shape index (κ1) is 19.5. The summed E-state index contributed by atoms with van der Waals surface area (Å²) in [6.07, 6.45) is 9.00. The van der Waals surface area contributed by atoms with Crippen LogP contribution in [-0.4, -0.2) is 10.6 Å². The van der Waals surface area contributed by atoms with Gasteiger partial charge in [-0.15, -0.1) is 0 Å². The van der Waals surface area contributed by atoms with Crippen LogP contribution >= 0.6 is 0 Å². The zero-order chi connectivity index (χ0) is 20.2. The molecule has 1 fully saturated rings. The number of nitrogens with one attached hydrogen (secondary N) is 1. The Morgan fingerprint density at radius 1 is 1.07 bits per heavy atom. The topological polar surface area (TPSA) is 17.0 Å². The van der Waals surface area contributed by atoms with Gasteiger partial charge < -0.3 is 9.88 Å². The number of hydrogen-bond donors (Lipinski definition) is 1. The average molecular weight is 389 g/mol. The molecule has 29 heavy (non-hydrogen) atoms. The van der Waals surface area contributed by atoms with E-state index < -0.39 is 0 Å². The molecule has 2 aromatic carbocycles. The lowest BCUT2D eigenvalue weighted by atomic mass is 9.94. The highest BCUT2D eigenvalue weighted by molar-refractivity contribution is 5.76. The minimum Gasteiger partial charge on any atom is -0.382 e. The van der Waals surface area contributed by atoms with Gasteiger partial charge in [-0.25, -0.2) is 4.39 Å². The molecule has 3 aromatic rings. The summed E-state index contributed by atoms with van der Waals surface area (Å²) in [4.78, 5) is 0. The van der Waals surface area contributed by atoms with Crippen LogP contribution in [0.5, 0.6) is 0 Å². The van der Waals surface area contributed by atoms with Crippen molar-refractivity contribution in [2.24, 2.45) is 0 Å². The summed E-state index contributed by atoms with van der Waals surface area (Å²) in [6.45, 7) is 6.22. The van der Waals surface area contributed by atoms with Crippen LogP contribution in [0.1, 0.15) is 55.8 Å². The summed E-state index contributed by atoms with van der Waals surface area (Å²) in [6, 6.07) is 18.1. The van der Waals surface area contributed by atoms with E-state index in [-0.39, 0.29) is 5.82 Å². The lowest BCUT2D eigenvalue weighted by Gasteiger charge is -2.26. The predicted molar refractivity (Wildman–Crippen MR) is 120 cm³/mol. The molecule has 1 N–H and O–H groups in total. The zero-order valence-electron chi connectivity index (χ0n) is 17.1. The monoisotopic (exact) mass is 388 g/mol. The summed E-state index contributed by atoms with van der Waals surface area (Å²) >= 11 is 0. The van der Waals surface area contributed by atoms with Crippen molar-refractivity contribution in [3.05, 3.63) is 90.0 Å². The molecular formula is C26H29FN2. The van der Waals surface area contributed by atoms with Gasteiger partial charge in [0.25, 0.3) is 0 Å². The molecule has 0 bridgehead atoms. The fraction of sp³-hybridized carbons (Fsp3) is 0.308. The molecule has 0 unspecified atom stereocenters. The summed E-state index contributed by atoms with van der Waals surface area (Å²) < 4.78 is 16.3. The molecule has 1 aliphatic rings. The van der Waals surface area contributed by atoms with E-state index in [1.165, 1.54) is 43.7 Å². The highest BCUT2D eigenvalue weighted by Gasteiger charge is 2.16. The maximum Gasteiger partial charge on any atom is 0.126 e. The first-order valence-electron chi connectivity index (χ1n) is 10.6. The van der Waals surface area contributed by atoms with E-state index in [1.807, 2.05) is 18.2 Å². The van der Waals surface area contributed by atoms with Gasteiger partial charge in [0.1, 0.15) is 5.82 Å². The second-order valence-corrected chi connectivity index (χ2v) is 8.13. The fourth-order valence-electron chi connectivity index (χ4n) is 4.29. The number of rotatable bonds is 6. The third-order valence-electron chi connectivity index (χ3n) is 5.87. The SMILES string of the molecule is C=C(C)c1ccc(-n2cccc2Cc2ccccc2F)cc1NC1CCCCC1. The first-order chi connectivity index (χ1) is 14.1. The summed E-state index contributed by atoms with van der Waals surface area (Å²) in [5, 5.41) is 3.78. The molecular weight excluding hydrogens is 359 g/mol. The van der Waals surface area contributed by atoms with Gasteiger partial charge in [0.2, 0.25) is 0 Å². The van der Waals surface area contributed by atoms with E-state index in [2.05, 4.69) is 53.8 Å². The molecule has 0 atom stereocenters. The maximum absolute atomic E-state index is 14.2. The van der Waals surface area contributed by atoms with Crippen LogP contribution in [-0.2, 0) is 6.42 Å². The van der Waals surface area contributed by atoms with Crippen molar-refractivity contribution < 1.29 is 4.39 Å². The van der Waals surface area contributed by atoms with Crippen molar-refractivity contribution in [3.63, 3.8) is 0 Å². The molecule has 0 spiro atoms. The summed E-state index contributed by atoms with van der Waals surface area (Å²) in [7, 11) is 0. The number of aromatic nitrogens is 1. The van der Waals surface area contributed by atoms with Crippen LogP contribution in [0.2, 0.25) is 0 Å². The molecule has 1 aliphatic carbocycles. The van der Waals surface area contributed by atoms with Gasteiger partial charge in [-0.2, -0.15) is 0 Å². The summed E-state index contributed by atoms with van der Waals surface area (Å²) in [5.41, 5.74) is 6.25. The third-order valence-corrected chi connectivity index (χ3v) is 5.87. The van der Waals surface area contributed by atoms with Crippen molar-refractivity contribution in [1.29, 1.82) is 0 Å². The molecule has 1 aromatic heterocycles. The Morgan fingerprint density at radius 3 is 2.62 bits per heavy atom. The molecule has 0 aliphatic heterocycles. The van der Waals surface area contributed by atoms with Gasteiger partial charge in [-0.05, 0) is 61.2 Å². The minimum atomic E-state index is -0.155. The van der Waals surface area contributed by atoms with E-state index in [0.29, 0.717) is 18.0 Å². The second kappa shape index (κ2) is 8.69. The molecule has 150 valence electrons. The van der Waals surface area contributed by atoms with Crippen molar-refractivity contribution >= 4 is 11.3 Å². The molecule has 0 saturated heterocycles. The third kappa shape index (κ3) is 4.45. The van der Waals surface area contributed by atoms with E-state index in [1.54, 1.807) is 6.07 Å². The second-order valence-electron chi connectivity index (χ2n) is 8.13. The van der Waals surface area contributed by atoms with Gasteiger partial charge >= 0.3 is 0 Å². The number of hydrogen-bond acceptors (Lipinski definition) is 1. The number of benzene rings is 2. The van der Waals surface area contributed by atoms with Crippen molar-refractivity contribution in [2.75, 3.05) is 5.32 Å². The number of anilines is 1. The van der Waals surface area contributed by atoms with Crippen molar-refractivity contribution in [3.8, 4) is 5.69 Å². The van der Waals surface area contributed by atoms with Gasteiger partial charge in [-0.3, -0.25) is 0 Å². The molecule has 3 heteroatoms. The fourth-order valence-corrected chi connectivity index (χ4v) is 4.29. The zero-order valence-corrected chi connectivity index (χ0v) is 17.1. The van der Waals surface area contributed by atoms with E-state index in [0.717, 1.165) is 22.6 Å². The van der Waals surface area contributed by atoms with Crippen LogP contribution in [0.15, 0.2) is 67.4 Å². The molecule has 0 amide bonds. The van der Waals surface area contributed by atoms with E-state index in [9.17, 15) is 4.39 Å². The Kier molecular flexibility index (Phi) is 5.84. The summed E-state index contributed by atoms with van der Waals surface area (Å²) in [5.74, 6) is -0.155.